The number of thiophene rings is 1. The van der Waals surface area contributed by atoms with Crippen LogP contribution < -0.4 is 5.32 Å². The van der Waals surface area contributed by atoms with Gasteiger partial charge in [0.05, 0.1) is 24.8 Å². The fraction of sp³-hybridized carbons (Fsp3) is 0.400. The predicted octanol–water partition coefficient (Wildman–Crippen LogP) is 2.86. The van der Waals surface area contributed by atoms with E-state index in [1.54, 1.807) is 30.6 Å². The molecule has 2 amide bonds. The van der Waals surface area contributed by atoms with E-state index in [1.807, 2.05) is 30.0 Å². The van der Waals surface area contributed by atoms with Gasteiger partial charge in [-0.3, -0.25) is 9.59 Å². The highest BCUT2D eigenvalue weighted by atomic mass is 32.1. The van der Waals surface area contributed by atoms with Gasteiger partial charge in [-0.1, -0.05) is 18.2 Å². The molecule has 0 unspecified atom stereocenters. The van der Waals surface area contributed by atoms with Crippen molar-refractivity contribution in [1.82, 2.24) is 4.90 Å². The molecule has 144 valence electrons. The molecule has 27 heavy (non-hydrogen) atoms. The Kier molecular flexibility index (Phi) is 6.60. The number of carbonyl (C=O) groups excluding carboxylic acids is 2. The highest BCUT2D eigenvalue weighted by Gasteiger charge is 2.26. The van der Waals surface area contributed by atoms with Gasteiger partial charge < -0.3 is 19.7 Å². The molecule has 6 nitrogen and oxygen atoms in total. The van der Waals surface area contributed by atoms with E-state index in [9.17, 15) is 9.59 Å². The average Bonchev–Trinajstić information content (AvgIpc) is 3.00. The van der Waals surface area contributed by atoms with Crippen LogP contribution in [0.1, 0.15) is 26.4 Å². The van der Waals surface area contributed by atoms with Gasteiger partial charge in [-0.15, -0.1) is 11.3 Å². The zero-order chi connectivity index (χ0) is 19.2. The van der Waals surface area contributed by atoms with E-state index < -0.39 is 0 Å². The lowest BCUT2D eigenvalue weighted by Gasteiger charge is -2.27. The minimum absolute atomic E-state index is 0.0160. The molecule has 0 bridgehead atoms. The Labute approximate surface area is 163 Å². The lowest BCUT2D eigenvalue weighted by atomic mass is 10.0. The molecule has 7 heteroatoms. The summed E-state index contributed by atoms with van der Waals surface area (Å²) in [6, 6.07) is 9.17. The van der Waals surface area contributed by atoms with Crippen molar-refractivity contribution in [3.63, 3.8) is 0 Å². The number of fused-ring (bicyclic) bond motifs is 1. The summed E-state index contributed by atoms with van der Waals surface area (Å²) >= 11 is 1.55. The van der Waals surface area contributed by atoms with Crippen molar-refractivity contribution in [2.24, 2.45) is 0 Å². The maximum Gasteiger partial charge on any atom is 0.256 e. The molecule has 2 aromatic rings. The first kappa shape index (κ1) is 19.5. The third-order valence-corrected chi connectivity index (χ3v) is 5.83. The smallest absolute Gasteiger partial charge is 0.256 e. The van der Waals surface area contributed by atoms with E-state index in [0.29, 0.717) is 31.9 Å². The topological polar surface area (TPSA) is 67.9 Å². The van der Waals surface area contributed by atoms with Crippen molar-refractivity contribution < 1.29 is 19.1 Å². The lowest BCUT2D eigenvalue weighted by molar-refractivity contribution is -0.137. The van der Waals surface area contributed by atoms with Crippen LogP contribution in [-0.2, 0) is 27.2 Å². The molecular formula is C20H24N2O4S. The number of carbonyl (C=O) groups is 2. The van der Waals surface area contributed by atoms with Gasteiger partial charge >= 0.3 is 0 Å². The monoisotopic (exact) mass is 388 g/mol. The molecule has 0 aliphatic carbocycles. The first-order valence-corrected chi connectivity index (χ1v) is 9.73. The van der Waals surface area contributed by atoms with Crippen LogP contribution >= 0.6 is 11.3 Å². The van der Waals surface area contributed by atoms with Gasteiger partial charge in [0.15, 0.2) is 0 Å². The minimum atomic E-state index is -0.114. The first-order valence-electron chi connectivity index (χ1n) is 8.92. The summed E-state index contributed by atoms with van der Waals surface area (Å²) in [5, 5.41) is 3.87. The number of amides is 2. The molecule has 0 spiro atoms. The molecule has 2 heterocycles. The van der Waals surface area contributed by atoms with E-state index in [4.69, 9.17) is 9.47 Å². The number of benzene rings is 1. The summed E-state index contributed by atoms with van der Waals surface area (Å²) in [4.78, 5) is 27.7. The van der Waals surface area contributed by atoms with Crippen molar-refractivity contribution in [2.75, 3.05) is 38.8 Å². The highest BCUT2D eigenvalue weighted by Crippen LogP contribution is 2.36. The van der Waals surface area contributed by atoms with Gasteiger partial charge in [0.25, 0.3) is 5.91 Å². The second-order valence-electron chi connectivity index (χ2n) is 6.39. The molecule has 1 aliphatic heterocycles. The summed E-state index contributed by atoms with van der Waals surface area (Å²) in [7, 11) is 1.60. The quantitative estimate of drug-likeness (QED) is 0.741. The van der Waals surface area contributed by atoms with Gasteiger partial charge in [-0.25, -0.2) is 0 Å². The lowest BCUT2D eigenvalue weighted by Crippen LogP contribution is -2.38. The van der Waals surface area contributed by atoms with Crippen molar-refractivity contribution in [1.29, 1.82) is 0 Å². The Hall–Kier alpha value is -2.22. The Bertz CT molecular complexity index is 804. The van der Waals surface area contributed by atoms with Gasteiger partial charge in [-0.05, 0) is 36.6 Å². The molecule has 1 aliphatic rings. The van der Waals surface area contributed by atoms with Crippen molar-refractivity contribution in [3.8, 4) is 0 Å². The van der Waals surface area contributed by atoms with Crippen LogP contribution in [0.4, 0.5) is 5.00 Å². The van der Waals surface area contributed by atoms with E-state index in [1.165, 1.54) is 5.56 Å². The van der Waals surface area contributed by atoms with Crippen LogP contribution in [-0.4, -0.2) is 50.2 Å². The number of ether oxygens (including phenoxy) is 2. The SMILES string of the molecule is COCCOCC(=O)N1CCc2c(sc(NC(=O)c3ccccc3)c2C)C1. The number of nitrogens with one attached hydrogen (secondary N) is 1. The summed E-state index contributed by atoms with van der Waals surface area (Å²) < 4.78 is 10.3. The Balaban J connectivity index is 1.63. The zero-order valence-electron chi connectivity index (χ0n) is 15.6. The number of anilines is 1. The maximum atomic E-state index is 12.4. The van der Waals surface area contributed by atoms with Crippen molar-refractivity contribution >= 4 is 28.2 Å². The summed E-state index contributed by atoms with van der Waals surface area (Å²) in [6.45, 7) is 4.22. The molecule has 0 saturated carbocycles. The first-order chi connectivity index (χ1) is 13.1. The number of rotatable bonds is 7. The number of hydrogen-bond acceptors (Lipinski definition) is 5. The van der Waals surface area contributed by atoms with Crippen LogP contribution in [0.2, 0.25) is 0 Å². The van der Waals surface area contributed by atoms with Crippen molar-refractivity contribution in [2.45, 2.75) is 19.9 Å². The second-order valence-corrected chi connectivity index (χ2v) is 7.49. The zero-order valence-corrected chi connectivity index (χ0v) is 16.4. The standard InChI is InChI=1S/C20H24N2O4S/c1-14-16-8-9-22(18(23)13-26-11-10-25-2)12-17(16)27-20(14)21-19(24)15-6-4-3-5-7-15/h3-7H,8-13H2,1-2H3,(H,21,24). The highest BCUT2D eigenvalue weighted by molar-refractivity contribution is 7.16. The predicted molar refractivity (Wildman–Crippen MR) is 105 cm³/mol. The number of hydrogen-bond donors (Lipinski definition) is 1. The summed E-state index contributed by atoms with van der Waals surface area (Å²) in [6.07, 6.45) is 0.794. The maximum absolute atomic E-state index is 12.4. The molecule has 0 atom stereocenters. The van der Waals surface area contributed by atoms with Crippen LogP contribution in [0.15, 0.2) is 30.3 Å². The third-order valence-electron chi connectivity index (χ3n) is 4.59. The van der Waals surface area contributed by atoms with E-state index >= 15 is 0 Å². The third kappa shape index (κ3) is 4.74. The number of nitrogens with zero attached hydrogens (tertiary/aromatic N) is 1. The molecule has 1 N–H and O–H groups in total. The molecule has 1 aromatic heterocycles. The molecule has 0 fully saturated rings. The van der Waals surface area contributed by atoms with Gasteiger partial charge in [-0.2, -0.15) is 0 Å². The fourth-order valence-electron chi connectivity index (χ4n) is 3.05. The molecule has 3 rings (SSSR count). The Morgan fingerprint density at radius 1 is 1.22 bits per heavy atom. The average molecular weight is 388 g/mol. The molecule has 1 aromatic carbocycles. The van der Waals surface area contributed by atoms with Crippen molar-refractivity contribution in [3.05, 3.63) is 51.9 Å². The Morgan fingerprint density at radius 2 is 2.00 bits per heavy atom. The summed E-state index contributed by atoms with van der Waals surface area (Å²) in [5.74, 6) is -0.130. The van der Waals surface area contributed by atoms with Gasteiger partial charge in [0, 0.05) is 24.1 Å². The van der Waals surface area contributed by atoms with Crippen LogP contribution in [0.25, 0.3) is 0 Å². The molecular weight excluding hydrogens is 364 g/mol. The fourth-order valence-corrected chi connectivity index (χ4v) is 4.32. The van der Waals surface area contributed by atoms with E-state index in [-0.39, 0.29) is 18.4 Å². The van der Waals surface area contributed by atoms with Crippen LogP contribution in [0.5, 0.6) is 0 Å². The molecule has 0 saturated heterocycles. The van der Waals surface area contributed by atoms with E-state index in [2.05, 4.69) is 5.32 Å². The van der Waals surface area contributed by atoms with Gasteiger partial charge in [0.2, 0.25) is 5.91 Å². The second kappa shape index (κ2) is 9.12. The van der Waals surface area contributed by atoms with Crippen LogP contribution in [0, 0.1) is 6.92 Å². The Morgan fingerprint density at radius 3 is 2.74 bits per heavy atom. The normalized spacial score (nSPS) is 13.3. The number of methoxy groups -OCH3 is 1. The summed E-state index contributed by atoms with van der Waals surface area (Å²) in [5.41, 5.74) is 2.98. The largest absolute Gasteiger partial charge is 0.382 e. The van der Waals surface area contributed by atoms with Crippen LogP contribution in [0.3, 0.4) is 0 Å². The van der Waals surface area contributed by atoms with E-state index in [0.717, 1.165) is 21.9 Å². The van der Waals surface area contributed by atoms with Gasteiger partial charge in [0.1, 0.15) is 6.61 Å². The minimum Gasteiger partial charge on any atom is -0.382 e. The molecule has 0 radical (unpaired) electrons.